The molecule has 1 aromatic carbocycles. The van der Waals surface area contributed by atoms with Crippen LogP contribution in [0, 0.1) is 6.92 Å². The number of aromatic nitrogens is 2. The quantitative estimate of drug-likeness (QED) is 0.771. The van der Waals surface area contributed by atoms with Gasteiger partial charge in [-0.2, -0.15) is 0 Å². The molecule has 0 fully saturated rings. The minimum atomic E-state index is 0.531. The lowest BCUT2D eigenvalue weighted by Gasteiger charge is -2.09. The summed E-state index contributed by atoms with van der Waals surface area (Å²) in [5, 5.41) is 11.0. The number of furan rings is 1. The van der Waals surface area contributed by atoms with Crippen LogP contribution in [0.5, 0.6) is 0 Å². The predicted molar refractivity (Wildman–Crippen MR) is 79.9 cm³/mol. The van der Waals surface area contributed by atoms with E-state index in [9.17, 15) is 0 Å². The zero-order valence-corrected chi connectivity index (χ0v) is 12.1. The maximum Gasteiger partial charge on any atom is 0.247 e. The van der Waals surface area contributed by atoms with Crippen molar-refractivity contribution >= 4 is 5.69 Å². The van der Waals surface area contributed by atoms with Crippen molar-refractivity contribution in [3.05, 3.63) is 53.8 Å². The number of hydrogen-bond donors (Lipinski definition) is 1. The Balaban J connectivity index is 1.71. The normalized spacial score (nSPS) is 10.8. The molecule has 3 aromatic rings. The highest BCUT2D eigenvalue weighted by Gasteiger charge is 2.07. The molecular weight excluding hydrogens is 266 g/mol. The minimum Gasteiger partial charge on any atom is -0.464 e. The largest absolute Gasteiger partial charge is 0.464 e. The minimum absolute atomic E-state index is 0.531. The Kier molecular flexibility index (Phi) is 3.73. The zero-order chi connectivity index (χ0) is 14.7. The Morgan fingerprint density at radius 1 is 1.14 bits per heavy atom. The number of aryl methyl sites for hydroxylation is 2. The molecule has 1 N–H and O–H groups in total. The maximum absolute atomic E-state index is 5.68. The van der Waals surface area contributed by atoms with Crippen LogP contribution < -0.4 is 5.32 Å². The Morgan fingerprint density at radius 3 is 2.67 bits per heavy atom. The second kappa shape index (κ2) is 5.83. The van der Waals surface area contributed by atoms with Gasteiger partial charge < -0.3 is 14.2 Å². The highest BCUT2D eigenvalue weighted by molar-refractivity contribution is 5.62. The standard InChI is InChI=1S/C16H17N3O2/c1-3-13-5-6-14(21-13)9-17-15-7-4-12(8-11(15)2)16-19-18-10-20-16/h4-8,10,17H,3,9H2,1-2H3. The smallest absolute Gasteiger partial charge is 0.247 e. The van der Waals surface area contributed by atoms with Crippen LogP contribution in [-0.4, -0.2) is 10.2 Å². The summed E-state index contributed by atoms with van der Waals surface area (Å²) in [5.41, 5.74) is 3.10. The average molecular weight is 283 g/mol. The summed E-state index contributed by atoms with van der Waals surface area (Å²) in [5.74, 6) is 2.48. The number of hydrogen-bond acceptors (Lipinski definition) is 5. The fourth-order valence-electron chi connectivity index (χ4n) is 2.18. The van der Waals surface area contributed by atoms with Gasteiger partial charge in [-0.3, -0.25) is 0 Å². The summed E-state index contributed by atoms with van der Waals surface area (Å²) in [6.45, 7) is 4.79. The van der Waals surface area contributed by atoms with Crippen LogP contribution in [0.15, 0.2) is 45.6 Å². The van der Waals surface area contributed by atoms with Gasteiger partial charge in [-0.25, -0.2) is 0 Å². The molecule has 0 radical (unpaired) electrons. The second-order valence-electron chi connectivity index (χ2n) is 4.85. The van der Waals surface area contributed by atoms with Crippen LogP contribution in [0.4, 0.5) is 5.69 Å². The number of benzene rings is 1. The van der Waals surface area contributed by atoms with Crippen LogP contribution >= 0.6 is 0 Å². The summed E-state index contributed by atoms with van der Waals surface area (Å²) in [7, 11) is 0. The zero-order valence-electron chi connectivity index (χ0n) is 12.1. The Bertz CT molecular complexity index is 717. The first-order chi connectivity index (χ1) is 10.3. The number of anilines is 1. The molecule has 21 heavy (non-hydrogen) atoms. The third kappa shape index (κ3) is 2.97. The molecule has 0 aliphatic rings. The molecule has 0 aliphatic carbocycles. The van der Waals surface area contributed by atoms with Gasteiger partial charge in [0.2, 0.25) is 12.3 Å². The van der Waals surface area contributed by atoms with E-state index < -0.39 is 0 Å². The van der Waals surface area contributed by atoms with Gasteiger partial charge in [-0.15, -0.1) is 10.2 Å². The Hall–Kier alpha value is -2.56. The molecule has 3 rings (SSSR count). The van der Waals surface area contributed by atoms with Crippen LogP contribution in [0.2, 0.25) is 0 Å². The predicted octanol–water partition coefficient (Wildman–Crippen LogP) is 3.81. The van der Waals surface area contributed by atoms with Gasteiger partial charge in [0.05, 0.1) is 6.54 Å². The first-order valence-electron chi connectivity index (χ1n) is 6.95. The molecule has 0 amide bonds. The number of rotatable bonds is 5. The van der Waals surface area contributed by atoms with Crippen molar-refractivity contribution in [2.75, 3.05) is 5.32 Å². The monoisotopic (exact) mass is 283 g/mol. The van der Waals surface area contributed by atoms with Gasteiger partial charge in [-0.1, -0.05) is 6.92 Å². The van der Waals surface area contributed by atoms with Crippen molar-refractivity contribution in [2.45, 2.75) is 26.8 Å². The fraction of sp³-hybridized carbons (Fsp3) is 0.250. The summed E-state index contributed by atoms with van der Waals surface area (Å²) in [6.07, 6.45) is 2.25. The van der Waals surface area contributed by atoms with E-state index in [1.807, 2.05) is 37.3 Å². The van der Waals surface area contributed by atoms with Crippen molar-refractivity contribution in [3.63, 3.8) is 0 Å². The van der Waals surface area contributed by atoms with E-state index in [1.165, 1.54) is 6.39 Å². The molecular formula is C16H17N3O2. The van der Waals surface area contributed by atoms with E-state index >= 15 is 0 Å². The first-order valence-corrected chi connectivity index (χ1v) is 6.95. The number of nitrogens with zero attached hydrogens (tertiary/aromatic N) is 2. The van der Waals surface area contributed by atoms with Crippen LogP contribution in [0.1, 0.15) is 24.0 Å². The summed E-state index contributed by atoms with van der Waals surface area (Å²) in [6, 6.07) is 10.0. The lowest BCUT2D eigenvalue weighted by atomic mass is 10.1. The van der Waals surface area contributed by atoms with Crippen molar-refractivity contribution < 1.29 is 8.83 Å². The highest BCUT2D eigenvalue weighted by Crippen LogP contribution is 2.23. The van der Waals surface area contributed by atoms with Crippen LogP contribution in [0.25, 0.3) is 11.5 Å². The third-order valence-corrected chi connectivity index (χ3v) is 3.35. The molecule has 5 heteroatoms. The molecule has 2 aromatic heterocycles. The maximum atomic E-state index is 5.68. The molecule has 5 nitrogen and oxygen atoms in total. The van der Waals surface area contributed by atoms with Gasteiger partial charge in [0.15, 0.2) is 0 Å². The average Bonchev–Trinajstić information content (AvgIpc) is 3.17. The molecule has 0 bridgehead atoms. The van der Waals surface area contributed by atoms with Crippen molar-refractivity contribution in [2.24, 2.45) is 0 Å². The van der Waals surface area contributed by atoms with E-state index in [0.29, 0.717) is 12.4 Å². The summed E-state index contributed by atoms with van der Waals surface area (Å²) in [4.78, 5) is 0. The molecule has 2 heterocycles. The molecule has 0 unspecified atom stereocenters. The third-order valence-electron chi connectivity index (χ3n) is 3.35. The van der Waals surface area contributed by atoms with Crippen LogP contribution in [0.3, 0.4) is 0 Å². The van der Waals surface area contributed by atoms with Gasteiger partial charge in [0, 0.05) is 17.7 Å². The number of nitrogens with one attached hydrogen (secondary N) is 1. The molecule has 0 saturated heterocycles. The molecule has 108 valence electrons. The van der Waals surface area contributed by atoms with E-state index in [-0.39, 0.29) is 0 Å². The lowest BCUT2D eigenvalue weighted by Crippen LogP contribution is -2.00. The van der Waals surface area contributed by atoms with E-state index in [4.69, 9.17) is 8.83 Å². The van der Waals surface area contributed by atoms with E-state index in [1.54, 1.807) is 0 Å². The van der Waals surface area contributed by atoms with Gasteiger partial charge in [-0.05, 0) is 42.8 Å². The highest BCUT2D eigenvalue weighted by atomic mass is 16.4. The Morgan fingerprint density at radius 2 is 2.00 bits per heavy atom. The summed E-state index contributed by atoms with van der Waals surface area (Å²) < 4.78 is 10.9. The SMILES string of the molecule is CCc1ccc(CNc2ccc(-c3nnco3)cc2C)o1. The van der Waals surface area contributed by atoms with Crippen molar-refractivity contribution in [1.82, 2.24) is 10.2 Å². The molecule has 0 saturated carbocycles. The molecule has 0 atom stereocenters. The van der Waals surface area contributed by atoms with Gasteiger partial charge >= 0.3 is 0 Å². The van der Waals surface area contributed by atoms with Crippen molar-refractivity contribution in [3.8, 4) is 11.5 Å². The lowest BCUT2D eigenvalue weighted by molar-refractivity contribution is 0.476. The van der Waals surface area contributed by atoms with Gasteiger partial charge in [0.25, 0.3) is 0 Å². The molecule has 0 spiro atoms. The van der Waals surface area contributed by atoms with E-state index in [0.717, 1.165) is 34.8 Å². The second-order valence-corrected chi connectivity index (χ2v) is 4.85. The van der Waals surface area contributed by atoms with E-state index in [2.05, 4.69) is 22.4 Å². The topological polar surface area (TPSA) is 64.1 Å². The molecule has 0 aliphatic heterocycles. The Labute approximate surface area is 123 Å². The van der Waals surface area contributed by atoms with Gasteiger partial charge in [0.1, 0.15) is 11.5 Å². The summed E-state index contributed by atoms with van der Waals surface area (Å²) >= 11 is 0. The first kappa shape index (κ1) is 13.4. The van der Waals surface area contributed by atoms with Crippen molar-refractivity contribution in [1.29, 1.82) is 0 Å². The fourth-order valence-corrected chi connectivity index (χ4v) is 2.18. The van der Waals surface area contributed by atoms with Crippen LogP contribution in [-0.2, 0) is 13.0 Å².